The normalized spacial score (nSPS) is 22.2. The van der Waals surface area contributed by atoms with Gasteiger partial charge in [-0.05, 0) is 30.9 Å². The summed E-state index contributed by atoms with van der Waals surface area (Å²) in [5.74, 6) is -1.26. The lowest BCUT2D eigenvalue weighted by molar-refractivity contribution is -0.126. The van der Waals surface area contributed by atoms with Gasteiger partial charge in [0.05, 0.1) is 24.3 Å². The van der Waals surface area contributed by atoms with Crippen molar-refractivity contribution < 1.29 is 19.1 Å². The van der Waals surface area contributed by atoms with Gasteiger partial charge in [-0.2, -0.15) is 17.7 Å². The Morgan fingerprint density at radius 3 is 2.73 bits per heavy atom. The van der Waals surface area contributed by atoms with Crippen molar-refractivity contribution in [1.82, 2.24) is 14.7 Å². The number of carbonyl (C=O) groups is 2. The maximum atomic E-state index is 14.6. The molecular formula is C22H24FN3O3S. The molecule has 8 heteroatoms. The highest BCUT2D eigenvalue weighted by Gasteiger charge is 2.40. The minimum atomic E-state index is -1.02. The standard InChI is InChI=1S/C22H24FN3O3S/c23-18-4-2-1-3-17(18)20(21(27)14-5-6-14)25-9-8-19(30)15(12-25)7-10-26-13-16(11-24-26)22(28)29/h1-4,7,11,13-14,19-20,30H,5-6,8-10,12H2,(H,28,29)/b15-7+. The number of piperidine rings is 1. The van der Waals surface area contributed by atoms with Crippen LogP contribution in [-0.4, -0.2) is 49.9 Å². The predicted octanol–water partition coefficient (Wildman–Crippen LogP) is 3.37. The van der Waals surface area contributed by atoms with E-state index in [1.54, 1.807) is 22.9 Å². The first-order chi connectivity index (χ1) is 14.4. The van der Waals surface area contributed by atoms with Crippen LogP contribution in [0.4, 0.5) is 4.39 Å². The predicted molar refractivity (Wildman–Crippen MR) is 113 cm³/mol. The molecule has 0 amide bonds. The lowest BCUT2D eigenvalue weighted by atomic mass is 9.93. The van der Waals surface area contributed by atoms with Crippen molar-refractivity contribution in [2.75, 3.05) is 13.1 Å². The van der Waals surface area contributed by atoms with E-state index in [4.69, 9.17) is 5.11 Å². The summed E-state index contributed by atoms with van der Waals surface area (Å²) >= 11 is 4.68. The number of carboxylic acids is 1. The number of nitrogens with zero attached hydrogens (tertiary/aromatic N) is 3. The molecule has 2 unspecified atom stereocenters. The van der Waals surface area contributed by atoms with Crippen molar-refractivity contribution in [3.05, 3.63) is 65.3 Å². The van der Waals surface area contributed by atoms with E-state index in [9.17, 15) is 14.0 Å². The molecule has 1 saturated carbocycles. The molecule has 2 aliphatic rings. The molecular weight excluding hydrogens is 405 g/mol. The van der Waals surface area contributed by atoms with Gasteiger partial charge in [0.2, 0.25) is 0 Å². The molecule has 0 bridgehead atoms. The molecule has 0 spiro atoms. The minimum absolute atomic E-state index is 0.0225. The molecule has 158 valence electrons. The lowest BCUT2D eigenvalue weighted by Crippen LogP contribution is -2.42. The van der Waals surface area contributed by atoms with Gasteiger partial charge in [-0.15, -0.1) is 0 Å². The highest BCUT2D eigenvalue weighted by Crippen LogP contribution is 2.39. The van der Waals surface area contributed by atoms with Crippen molar-refractivity contribution >= 4 is 24.4 Å². The van der Waals surface area contributed by atoms with Gasteiger partial charge in [0.15, 0.2) is 5.78 Å². The van der Waals surface area contributed by atoms with Crippen LogP contribution in [0.3, 0.4) is 0 Å². The summed E-state index contributed by atoms with van der Waals surface area (Å²) in [4.78, 5) is 26.1. The highest BCUT2D eigenvalue weighted by molar-refractivity contribution is 7.81. The number of rotatable bonds is 7. The number of likely N-dealkylation sites (tertiary alicyclic amines) is 1. The summed E-state index contributed by atoms with van der Waals surface area (Å²) in [6, 6.07) is 5.92. The Hall–Kier alpha value is -2.45. The number of Topliss-reactive ketones (excluding diaryl/α,β-unsaturated/α-hetero) is 1. The lowest BCUT2D eigenvalue weighted by Gasteiger charge is -2.37. The maximum Gasteiger partial charge on any atom is 0.338 e. The van der Waals surface area contributed by atoms with Crippen LogP contribution in [0.5, 0.6) is 0 Å². The molecule has 1 N–H and O–H groups in total. The number of carboxylic acid groups (broad SMARTS) is 1. The number of halogens is 1. The third-order valence-corrected chi connectivity index (χ3v) is 6.33. The second-order valence-corrected chi connectivity index (χ2v) is 8.53. The monoisotopic (exact) mass is 429 g/mol. The molecule has 1 aromatic carbocycles. The van der Waals surface area contributed by atoms with Crippen molar-refractivity contribution in [3.63, 3.8) is 0 Å². The largest absolute Gasteiger partial charge is 0.478 e. The van der Waals surface area contributed by atoms with Crippen molar-refractivity contribution in [3.8, 4) is 0 Å². The fourth-order valence-electron chi connectivity index (χ4n) is 3.92. The first-order valence-electron chi connectivity index (χ1n) is 10.1. The number of ketones is 1. The molecule has 1 aromatic heterocycles. The van der Waals surface area contributed by atoms with Gasteiger partial charge in [-0.25, -0.2) is 9.18 Å². The van der Waals surface area contributed by atoms with Gasteiger partial charge in [0, 0.05) is 36.0 Å². The van der Waals surface area contributed by atoms with E-state index in [0.717, 1.165) is 24.8 Å². The van der Waals surface area contributed by atoms with Gasteiger partial charge >= 0.3 is 5.97 Å². The number of carbonyl (C=O) groups excluding carboxylic acids is 1. The molecule has 0 radical (unpaired) electrons. The first-order valence-corrected chi connectivity index (χ1v) is 10.6. The maximum absolute atomic E-state index is 14.6. The smallest absolute Gasteiger partial charge is 0.338 e. The van der Waals surface area contributed by atoms with Gasteiger partial charge < -0.3 is 5.11 Å². The van der Waals surface area contributed by atoms with E-state index >= 15 is 0 Å². The number of thiol groups is 1. The van der Waals surface area contributed by atoms with Crippen LogP contribution in [0.25, 0.3) is 0 Å². The number of benzene rings is 1. The Morgan fingerprint density at radius 2 is 2.07 bits per heavy atom. The number of aromatic carboxylic acids is 1. The zero-order chi connectivity index (χ0) is 21.3. The Kier molecular flexibility index (Phi) is 6.06. The minimum Gasteiger partial charge on any atom is -0.478 e. The summed E-state index contributed by atoms with van der Waals surface area (Å²) in [7, 11) is 0. The molecule has 4 rings (SSSR count). The second kappa shape index (κ2) is 8.73. The van der Waals surface area contributed by atoms with Gasteiger partial charge in [-0.3, -0.25) is 14.4 Å². The Balaban J connectivity index is 1.55. The van der Waals surface area contributed by atoms with Gasteiger partial charge in [0.25, 0.3) is 0 Å². The average molecular weight is 430 g/mol. The molecule has 1 saturated heterocycles. The zero-order valence-electron chi connectivity index (χ0n) is 16.4. The van der Waals surface area contributed by atoms with Crippen LogP contribution < -0.4 is 0 Å². The zero-order valence-corrected chi connectivity index (χ0v) is 17.3. The van der Waals surface area contributed by atoms with Crippen molar-refractivity contribution in [2.45, 2.75) is 37.1 Å². The van der Waals surface area contributed by atoms with E-state index < -0.39 is 12.0 Å². The van der Waals surface area contributed by atoms with Gasteiger partial charge in [0.1, 0.15) is 5.82 Å². The fraction of sp³-hybridized carbons (Fsp3) is 0.409. The fourth-order valence-corrected chi connectivity index (χ4v) is 4.22. The van der Waals surface area contributed by atoms with Crippen LogP contribution in [0.15, 0.2) is 48.3 Å². The number of hydrogen-bond acceptors (Lipinski definition) is 5. The summed E-state index contributed by atoms with van der Waals surface area (Å²) in [6.07, 6.45) is 7.27. The quantitative estimate of drug-likeness (QED) is 0.521. The molecule has 30 heavy (non-hydrogen) atoms. The molecule has 2 atom stereocenters. The molecule has 1 aliphatic carbocycles. The van der Waals surface area contributed by atoms with Crippen LogP contribution in [-0.2, 0) is 11.3 Å². The van der Waals surface area contributed by atoms with E-state index in [1.165, 1.54) is 18.5 Å². The van der Waals surface area contributed by atoms with E-state index in [0.29, 0.717) is 25.2 Å². The van der Waals surface area contributed by atoms with Crippen LogP contribution in [0, 0.1) is 11.7 Å². The summed E-state index contributed by atoms with van der Waals surface area (Å²) in [5.41, 5.74) is 1.60. The molecule has 2 fully saturated rings. The first kappa shape index (κ1) is 20.8. The third kappa shape index (κ3) is 4.49. The van der Waals surface area contributed by atoms with E-state index in [-0.39, 0.29) is 28.3 Å². The Bertz CT molecular complexity index is 986. The summed E-state index contributed by atoms with van der Waals surface area (Å²) in [6.45, 7) is 1.58. The molecule has 1 aliphatic heterocycles. The van der Waals surface area contributed by atoms with Crippen LogP contribution in [0.1, 0.15) is 41.2 Å². The SMILES string of the molecule is O=C(O)c1cnn(C/C=C2\CN(C(C(=O)C3CC3)c3ccccc3F)CCC2S)c1. The Labute approximate surface area is 179 Å². The molecule has 6 nitrogen and oxygen atoms in total. The third-order valence-electron chi connectivity index (χ3n) is 5.74. The van der Waals surface area contributed by atoms with Crippen LogP contribution in [0.2, 0.25) is 0 Å². The number of aromatic nitrogens is 2. The topological polar surface area (TPSA) is 75.4 Å². The average Bonchev–Trinajstić information content (AvgIpc) is 3.47. The number of hydrogen-bond donors (Lipinski definition) is 2. The molecule has 2 aromatic rings. The van der Waals surface area contributed by atoms with E-state index in [1.807, 2.05) is 11.0 Å². The summed E-state index contributed by atoms with van der Waals surface area (Å²) < 4.78 is 16.1. The summed E-state index contributed by atoms with van der Waals surface area (Å²) in [5, 5.41) is 13.1. The van der Waals surface area contributed by atoms with E-state index in [2.05, 4.69) is 17.7 Å². The highest BCUT2D eigenvalue weighted by atomic mass is 32.1. The second-order valence-electron chi connectivity index (χ2n) is 7.91. The van der Waals surface area contributed by atoms with Crippen molar-refractivity contribution in [1.29, 1.82) is 0 Å². The van der Waals surface area contributed by atoms with Gasteiger partial charge in [-0.1, -0.05) is 24.3 Å². The Morgan fingerprint density at radius 1 is 1.30 bits per heavy atom. The molecule has 2 heterocycles. The van der Waals surface area contributed by atoms with Crippen LogP contribution >= 0.6 is 12.6 Å². The van der Waals surface area contributed by atoms with Crippen molar-refractivity contribution in [2.24, 2.45) is 5.92 Å². The number of allylic oxidation sites excluding steroid dienone is 1.